The van der Waals surface area contributed by atoms with Crippen LogP contribution in [-0.4, -0.2) is 28.8 Å². The summed E-state index contributed by atoms with van der Waals surface area (Å²) in [6.45, 7) is 1.06. The summed E-state index contributed by atoms with van der Waals surface area (Å²) in [6.07, 6.45) is 3.22. The van der Waals surface area contributed by atoms with E-state index in [1.165, 1.54) is 12.3 Å². The lowest BCUT2D eigenvalue weighted by molar-refractivity contribution is 0.0946. The first-order chi connectivity index (χ1) is 12.2. The van der Waals surface area contributed by atoms with Crippen LogP contribution in [0.3, 0.4) is 0 Å². The molecule has 0 saturated heterocycles. The van der Waals surface area contributed by atoms with Crippen molar-refractivity contribution >= 4 is 5.91 Å². The van der Waals surface area contributed by atoms with E-state index in [0.717, 1.165) is 5.56 Å². The molecule has 0 aliphatic rings. The van der Waals surface area contributed by atoms with Crippen molar-refractivity contribution in [2.45, 2.75) is 6.54 Å². The van der Waals surface area contributed by atoms with Gasteiger partial charge in [-0.25, -0.2) is 4.39 Å². The molecule has 0 unspecified atom stereocenters. The van der Waals surface area contributed by atoms with E-state index in [9.17, 15) is 9.18 Å². The second-order valence-corrected chi connectivity index (χ2v) is 5.45. The first-order valence-corrected chi connectivity index (χ1v) is 7.94. The number of nitrogens with zero attached hydrogens (tertiary/aromatic N) is 2. The molecule has 1 amide bonds. The predicted molar refractivity (Wildman–Crippen MR) is 92.0 cm³/mol. The molecule has 1 heterocycles. The predicted octanol–water partition coefficient (Wildman–Crippen LogP) is 2.88. The Morgan fingerprint density at radius 1 is 1.12 bits per heavy atom. The number of carbonyl (C=O) groups excluding carboxylic acids is 1. The Bertz CT molecular complexity index is 833. The number of rotatable bonds is 7. The van der Waals surface area contributed by atoms with Gasteiger partial charge >= 0.3 is 0 Å². The molecular formula is C19H18FN3O2. The molecule has 0 aliphatic heterocycles. The Kier molecular flexibility index (Phi) is 5.41. The number of hydrogen-bond acceptors (Lipinski definition) is 3. The van der Waals surface area contributed by atoms with E-state index in [1.807, 2.05) is 30.3 Å². The fourth-order valence-electron chi connectivity index (χ4n) is 2.33. The largest absolute Gasteiger partial charge is 0.489 e. The lowest BCUT2D eigenvalue weighted by atomic mass is 10.2. The Hall–Kier alpha value is -3.15. The lowest BCUT2D eigenvalue weighted by Gasteiger charge is -2.07. The van der Waals surface area contributed by atoms with Crippen molar-refractivity contribution in [3.05, 3.63) is 83.9 Å². The summed E-state index contributed by atoms with van der Waals surface area (Å²) in [7, 11) is 0. The van der Waals surface area contributed by atoms with Crippen LogP contribution in [0.1, 0.15) is 15.9 Å². The molecule has 2 aromatic carbocycles. The van der Waals surface area contributed by atoms with Crippen LogP contribution in [0.2, 0.25) is 0 Å². The van der Waals surface area contributed by atoms with E-state index in [0.29, 0.717) is 12.1 Å². The molecule has 0 fully saturated rings. The SMILES string of the molecule is O=C(NCCOc1ccccc1F)c1cnn(Cc2ccccc2)c1. The minimum atomic E-state index is -0.420. The van der Waals surface area contributed by atoms with Crippen molar-refractivity contribution in [1.29, 1.82) is 0 Å². The highest BCUT2D eigenvalue weighted by Crippen LogP contribution is 2.14. The van der Waals surface area contributed by atoms with Gasteiger partial charge < -0.3 is 10.1 Å². The zero-order chi connectivity index (χ0) is 17.5. The fraction of sp³-hybridized carbons (Fsp3) is 0.158. The van der Waals surface area contributed by atoms with Crippen LogP contribution in [-0.2, 0) is 6.54 Å². The molecule has 0 atom stereocenters. The molecule has 0 saturated carbocycles. The minimum Gasteiger partial charge on any atom is -0.489 e. The summed E-state index contributed by atoms with van der Waals surface area (Å²) in [5.41, 5.74) is 1.58. The van der Waals surface area contributed by atoms with Crippen LogP contribution in [0.15, 0.2) is 67.0 Å². The highest BCUT2D eigenvalue weighted by atomic mass is 19.1. The third-order valence-corrected chi connectivity index (χ3v) is 3.56. The van der Waals surface area contributed by atoms with Gasteiger partial charge in [0.15, 0.2) is 11.6 Å². The third-order valence-electron chi connectivity index (χ3n) is 3.56. The van der Waals surface area contributed by atoms with Gasteiger partial charge in [-0.05, 0) is 17.7 Å². The fourth-order valence-corrected chi connectivity index (χ4v) is 2.33. The summed E-state index contributed by atoms with van der Waals surface area (Å²) in [4.78, 5) is 12.1. The topological polar surface area (TPSA) is 56.1 Å². The normalized spacial score (nSPS) is 10.4. The Labute approximate surface area is 145 Å². The number of nitrogens with one attached hydrogen (secondary N) is 1. The number of amides is 1. The number of aromatic nitrogens is 2. The van der Waals surface area contributed by atoms with Gasteiger partial charge in [0.1, 0.15) is 6.61 Å². The van der Waals surface area contributed by atoms with Crippen molar-refractivity contribution in [3.63, 3.8) is 0 Å². The smallest absolute Gasteiger partial charge is 0.254 e. The van der Waals surface area contributed by atoms with E-state index in [-0.39, 0.29) is 24.8 Å². The molecule has 3 aromatic rings. The zero-order valence-corrected chi connectivity index (χ0v) is 13.6. The number of halogens is 1. The number of benzene rings is 2. The van der Waals surface area contributed by atoms with E-state index in [4.69, 9.17) is 4.74 Å². The first kappa shape index (κ1) is 16.7. The Morgan fingerprint density at radius 3 is 2.68 bits per heavy atom. The van der Waals surface area contributed by atoms with Crippen LogP contribution < -0.4 is 10.1 Å². The van der Waals surface area contributed by atoms with Crippen LogP contribution in [0, 0.1) is 5.82 Å². The maximum Gasteiger partial charge on any atom is 0.254 e. The summed E-state index contributed by atoms with van der Waals surface area (Å²) < 4.78 is 20.4. The maximum atomic E-state index is 13.4. The standard InChI is InChI=1S/C19H18FN3O2/c20-17-8-4-5-9-18(17)25-11-10-21-19(24)16-12-22-23(14-16)13-15-6-2-1-3-7-15/h1-9,12,14H,10-11,13H2,(H,21,24). The van der Waals surface area contributed by atoms with Gasteiger partial charge in [0.05, 0.1) is 24.8 Å². The van der Waals surface area contributed by atoms with Crippen molar-refractivity contribution in [3.8, 4) is 5.75 Å². The van der Waals surface area contributed by atoms with Gasteiger partial charge in [0.25, 0.3) is 5.91 Å². The molecule has 0 aliphatic carbocycles. The van der Waals surface area contributed by atoms with Crippen molar-refractivity contribution < 1.29 is 13.9 Å². The molecule has 5 nitrogen and oxygen atoms in total. The van der Waals surface area contributed by atoms with E-state index < -0.39 is 5.82 Å². The van der Waals surface area contributed by atoms with Crippen LogP contribution in [0.4, 0.5) is 4.39 Å². The van der Waals surface area contributed by atoms with E-state index in [1.54, 1.807) is 29.1 Å². The third kappa shape index (κ3) is 4.67. The summed E-state index contributed by atoms with van der Waals surface area (Å²) in [5.74, 6) is -0.486. The van der Waals surface area contributed by atoms with Gasteiger partial charge in [-0.15, -0.1) is 0 Å². The first-order valence-electron chi connectivity index (χ1n) is 7.94. The molecule has 3 rings (SSSR count). The van der Waals surface area contributed by atoms with Gasteiger partial charge in [-0.3, -0.25) is 9.48 Å². The number of carbonyl (C=O) groups is 1. The molecule has 25 heavy (non-hydrogen) atoms. The van der Waals surface area contributed by atoms with E-state index >= 15 is 0 Å². The molecule has 1 aromatic heterocycles. The monoisotopic (exact) mass is 339 g/mol. The summed E-state index contributed by atoms with van der Waals surface area (Å²) in [6, 6.07) is 16.0. The zero-order valence-electron chi connectivity index (χ0n) is 13.6. The quantitative estimate of drug-likeness (QED) is 0.674. The Balaban J connectivity index is 1.46. The molecule has 0 bridgehead atoms. The highest BCUT2D eigenvalue weighted by Gasteiger charge is 2.09. The highest BCUT2D eigenvalue weighted by molar-refractivity contribution is 5.93. The second-order valence-electron chi connectivity index (χ2n) is 5.45. The second kappa shape index (κ2) is 8.10. The average molecular weight is 339 g/mol. The van der Waals surface area contributed by atoms with Gasteiger partial charge in [0.2, 0.25) is 0 Å². The van der Waals surface area contributed by atoms with Crippen molar-refractivity contribution in [2.24, 2.45) is 0 Å². The van der Waals surface area contributed by atoms with Crippen LogP contribution in [0.25, 0.3) is 0 Å². The number of para-hydroxylation sites is 1. The lowest BCUT2D eigenvalue weighted by Crippen LogP contribution is -2.27. The molecule has 0 spiro atoms. The molecule has 128 valence electrons. The number of hydrogen-bond donors (Lipinski definition) is 1. The summed E-state index contributed by atoms with van der Waals surface area (Å²) in [5, 5.41) is 6.92. The van der Waals surface area contributed by atoms with Crippen LogP contribution >= 0.6 is 0 Å². The summed E-state index contributed by atoms with van der Waals surface area (Å²) >= 11 is 0. The molecule has 6 heteroatoms. The van der Waals surface area contributed by atoms with Crippen molar-refractivity contribution in [2.75, 3.05) is 13.2 Å². The molecule has 1 N–H and O–H groups in total. The van der Waals surface area contributed by atoms with Crippen LogP contribution in [0.5, 0.6) is 5.75 Å². The molecular weight excluding hydrogens is 321 g/mol. The average Bonchev–Trinajstić information content (AvgIpc) is 3.09. The maximum absolute atomic E-state index is 13.4. The van der Waals surface area contributed by atoms with Gasteiger partial charge in [-0.1, -0.05) is 42.5 Å². The van der Waals surface area contributed by atoms with Gasteiger partial charge in [-0.2, -0.15) is 5.10 Å². The minimum absolute atomic E-state index is 0.174. The van der Waals surface area contributed by atoms with Gasteiger partial charge in [0, 0.05) is 6.20 Å². The van der Waals surface area contributed by atoms with Crippen molar-refractivity contribution in [1.82, 2.24) is 15.1 Å². The van der Waals surface area contributed by atoms with E-state index in [2.05, 4.69) is 10.4 Å². The molecule has 0 radical (unpaired) electrons. The number of ether oxygens (including phenoxy) is 1. The Morgan fingerprint density at radius 2 is 1.88 bits per heavy atom.